The normalized spacial score (nSPS) is 11.4. The molecular formula is C16H21NO3. The number of carbonyl (C=O) groups is 2. The van der Waals surface area contributed by atoms with E-state index in [1.54, 1.807) is 37.4 Å². The van der Waals surface area contributed by atoms with Gasteiger partial charge in [-0.2, -0.15) is 0 Å². The van der Waals surface area contributed by atoms with Crippen molar-refractivity contribution in [2.24, 2.45) is 5.41 Å². The summed E-state index contributed by atoms with van der Waals surface area (Å²) in [6, 6.07) is 6.88. The van der Waals surface area contributed by atoms with Crippen LogP contribution in [-0.4, -0.2) is 18.4 Å². The number of anilines is 1. The molecule has 4 heteroatoms. The van der Waals surface area contributed by atoms with Gasteiger partial charge < -0.3 is 10.1 Å². The van der Waals surface area contributed by atoms with Gasteiger partial charge in [-0.1, -0.05) is 20.8 Å². The zero-order valence-electron chi connectivity index (χ0n) is 12.4. The third kappa shape index (κ3) is 4.88. The second kappa shape index (κ2) is 6.89. The second-order valence-electron chi connectivity index (χ2n) is 5.39. The molecule has 0 fully saturated rings. The lowest BCUT2D eigenvalue weighted by Crippen LogP contribution is -2.17. The van der Waals surface area contributed by atoms with Crippen molar-refractivity contribution in [2.45, 2.75) is 27.7 Å². The van der Waals surface area contributed by atoms with Gasteiger partial charge in [0.05, 0.1) is 12.2 Å². The highest BCUT2D eigenvalue weighted by molar-refractivity contribution is 5.94. The Bertz CT molecular complexity index is 495. The van der Waals surface area contributed by atoms with Crippen LogP contribution in [0.5, 0.6) is 0 Å². The summed E-state index contributed by atoms with van der Waals surface area (Å²) in [5, 5.41) is 2.99. The third-order valence-corrected chi connectivity index (χ3v) is 2.62. The highest BCUT2D eigenvalue weighted by Gasteiger charge is 2.17. The Morgan fingerprint density at radius 2 is 1.80 bits per heavy atom. The van der Waals surface area contributed by atoms with Gasteiger partial charge in [-0.3, -0.25) is 4.79 Å². The van der Waals surface area contributed by atoms with E-state index in [0.29, 0.717) is 12.2 Å². The summed E-state index contributed by atoms with van der Waals surface area (Å²) >= 11 is 0. The van der Waals surface area contributed by atoms with Crippen LogP contribution in [0.15, 0.2) is 36.5 Å². The molecule has 0 radical (unpaired) electrons. The number of carbonyl (C=O) groups excluding carboxylic acids is 2. The third-order valence-electron chi connectivity index (χ3n) is 2.62. The zero-order valence-corrected chi connectivity index (χ0v) is 12.4. The Morgan fingerprint density at radius 3 is 2.30 bits per heavy atom. The predicted molar refractivity (Wildman–Crippen MR) is 79.6 cm³/mol. The Morgan fingerprint density at radius 1 is 1.20 bits per heavy atom. The first-order chi connectivity index (χ1) is 9.34. The molecule has 108 valence electrons. The van der Waals surface area contributed by atoms with Crippen LogP contribution in [0.2, 0.25) is 0 Å². The van der Waals surface area contributed by atoms with Crippen molar-refractivity contribution >= 4 is 17.4 Å². The molecule has 0 amide bonds. The van der Waals surface area contributed by atoms with Crippen LogP contribution in [0.1, 0.15) is 38.1 Å². The van der Waals surface area contributed by atoms with Crippen LogP contribution < -0.4 is 5.32 Å². The van der Waals surface area contributed by atoms with Gasteiger partial charge in [-0.05, 0) is 37.3 Å². The van der Waals surface area contributed by atoms with E-state index in [1.165, 1.54) is 6.08 Å². The van der Waals surface area contributed by atoms with Crippen LogP contribution in [0, 0.1) is 5.41 Å². The first-order valence-electron chi connectivity index (χ1n) is 6.59. The number of nitrogens with one attached hydrogen (secondary N) is 1. The summed E-state index contributed by atoms with van der Waals surface area (Å²) in [6.45, 7) is 7.73. The molecule has 0 saturated heterocycles. The van der Waals surface area contributed by atoms with Crippen LogP contribution >= 0.6 is 0 Å². The molecule has 4 nitrogen and oxygen atoms in total. The van der Waals surface area contributed by atoms with Crippen molar-refractivity contribution in [1.29, 1.82) is 0 Å². The van der Waals surface area contributed by atoms with Gasteiger partial charge in [0.2, 0.25) is 0 Å². The molecule has 0 aromatic heterocycles. The molecule has 0 aliphatic heterocycles. The van der Waals surface area contributed by atoms with Crippen LogP contribution in [-0.2, 0) is 9.53 Å². The van der Waals surface area contributed by atoms with E-state index in [9.17, 15) is 9.59 Å². The lowest BCUT2D eigenvalue weighted by molar-refractivity contribution is -0.121. The number of benzene rings is 1. The number of hydrogen-bond donors (Lipinski definition) is 1. The maximum absolute atomic E-state index is 11.7. The molecule has 0 atom stereocenters. The van der Waals surface area contributed by atoms with E-state index in [-0.39, 0.29) is 17.2 Å². The summed E-state index contributed by atoms with van der Waals surface area (Å²) in [5.41, 5.74) is 0.925. The number of ether oxygens (including phenoxy) is 1. The van der Waals surface area contributed by atoms with Crippen LogP contribution in [0.4, 0.5) is 5.69 Å². The molecule has 1 rings (SSSR count). The van der Waals surface area contributed by atoms with E-state index in [1.807, 2.05) is 20.8 Å². The van der Waals surface area contributed by atoms with Crippen LogP contribution in [0.3, 0.4) is 0 Å². The molecule has 0 aliphatic carbocycles. The SMILES string of the molecule is CCOC(=O)c1ccc(N/C=C/C(=O)C(C)(C)C)cc1. The fourth-order valence-electron chi connectivity index (χ4n) is 1.38. The standard InChI is InChI=1S/C16H21NO3/c1-5-20-15(19)12-6-8-13(9-7-12)17-11-10-14(18)16(2,3)4/h6-11,17H,5H2,1-4H3/b11-10+. The van der Waals surface area contributed by atoms with Gasteiger partial charge in [0.15, 0.2) is 5.78 Å². The minimum Gasteiger partial charge on any atom is -0.462 e. The Hall–Kier alpha value is -2.10. The van der Waals surface area contributed by atoms with Crippen molar-refractivity contribution in [3.8, 4) is 0 Å². The van der Waals surface area contributed by atoms with E-state index >= 15 is 0 Å². The number of hydrogen-bond acceptors (Lipinski definition) is 4. The van der Waals surface area contributed by atoms with Gasteiger partial charge in [0.25, 0.3) is 0 Å². The van der Waals surface area contributed by atoms with Gasteiger partial charge in [-0.25, -0.2) is 4.79 Å². The van der Waals surface area contributed by atoms with Crippen LogP contribution in [0.25, 0.3) is 0 Å². The van der Waals surface area contributed by atoms with Crippen molar-refractivity contribution in [3.63, 3.8) is 0 Å². The van der Waals surface area contributed by atoms with Gasteiger partial charge in [-0.15, -0.1) is 0 Å². The summed E-state index contributed by atoms with van der Waals surface area (Å²) in [6.07, 6.45) is 3.12. The first-order valence-corrected chi connectivity index (χ1v) is 6.59. The van der Waals surface area contributed by atoms with E-state index in [2.05, 4.69) is 5.32 Å². The van der Waals surface area contributed by atoms with Crippen molar-refractivity contribution in [3.05, 3.63) is 42.1 Å². The number of allylic oxidation sites excluding steroid dienone is 1. The average Bonchev–Trinajstić information content (AvgIpc) is 2.38. The first kappa shape index (κ1) is 16.0. The maximum Gasteiger partial charge on any atom is 0.338 e. The zero-order chi connectivity index (χ0) is 15.2. The quantitative estimate of drug-likeness (QED) is 0.661. The molecule has 0 saturated carbocycles. The molecule has 1 aromatic rings. The van der Waals surface area contributed by atoms with Crippen molar-refractivity contribution in [2.75, 3.05) is 11.9 Å². The highest BCUT2D eigenvalue weighted by Crippen LogP contribution is 2.15. The van der Waals surface area contributed by atoms with Gasteiger partial charge in [0, 0.05) is 17.3 Å². The molecule has 0 spiro atoms. The molecule has 0 bridgehead atoms. The Labute approximate surface area is 119 Å². The number of esters is 1. The molecular weight excluding hydrogens is 254 g/mol. The summed E-state index contributed by atoms with van der Waals surface area (Å²) < 4.78 is 4.90. The van der Waals surface area contributed by atoms with Crippen molar-refractivity contribution in [1.82, 2.24) is 0 Å². The number of rotatable bonds is 5. The molecule has 0 unspecified atom stereocenters. The van der Waals surface area contributed by atoms with E-state index in [4.69, 9.17) is 4.74 Å². The van der Waals surface area contributed by atoms with Gasteiger partial charge in [0.1, 0.15) is 0 Å². The smallest absolute Gasteiger partial charge is 0.338 e. The summed E-state index contributed by atoms with van der Waals surface area (Å²) in [7, 11) is 0. The lowest BCUT2D eigenvalue weighted by Gasteiger charge is -2.13. The summed E-state index contributed by atoms with van der Waals surface area (Å²) in [5.74, 6) is -0.286. The summed E-state index contributed by atoms with van der Waals surface area (Å²) in [4.78, 5) is 23.2. The fourth-order valence-corrected chi connectivity index (χ4v) is 1.38. The maximum atomic E-state index is 11.7. The molecule has 0 aliphatic rings. The average molecular weight is 275 g/mol. The Balaban J connectivity index is 2.60. The largest absolute Gasteiger partial charge is 0.462 e. The second-order valence-corrected chi connectivity index (χ2v) is 5.39. The topological polar surface area (TPSA) is 55.4 Å². The van der Waals surface area contributed by atoms with Crippen molar-refractivity contribution < 1.29 is 14.3 Å². The highest BCUT2D eigenvalue weighted by atomic mass is 16.5. The van der Waals surface area contributed by atoms with Gasteiger partial charge >= 0.3 is 5.97 Å². The minimum atomic E-state index is -0.383. The Kier molecular flexibility index (Phi) is 5.50. The minimum absolute atomic E-state index is 0.0492. The fraction of sp³-hybridized carbons (Fsp3) is 0.375. The molecule has 1 aromatic carbocycles. The molecule has 1 N–H and O–H groups in total. The monoisotopic (exact) mass is 275 g/mol. The molecule has 0 heterocycles. The number of ketones is 1. The molecule has 20 heavy (non-hydrogen) atoms. The van der Waals surface area contributed by atoms with E-state index < -0.39 is 0 Å². The lowest BCUT2D eigenvalue weighted by atomic mass is 9.91. The predicted octanol–water partition coefficient (Wildman–Crippen LogP) is 3.40. The van der Waals surface area contributed by atoms with E-state index in [0.717, 1.165) is 5.69 Å².